The van der Waals surface area contributed by atoms with Gasteiger partial charge in [0, 0.05) is 5.39 Å². The van der Waals surface area contributed by atoms with E-state index in [0.717, 1.165) is 5.56 Å². The van der Waals surface area contributed by atoms with Crippen molar-refractivity contribution < 1.29 is 28.6 Å². The smallest absolute Gasteiger partial charge is 0.419 e. The fourth-order valence-electron chi connectivity index (χ4n) is 4.48. The summed E-state index contributed by atoms with van der Waals surface area (Å²) >= 11 is 0. The molecule has 0 atom stereocenters. The highest BCUT2D eigenvalue weighted by molar-refractivity contribution is 6.19. The van der Waals surface area contributed by atoms with Crippen LogP contribution in [0.1, 0.15) is 38.8 Å². The SMILES string of the molecule is CCOC(=O)C(=Cc1ccc(N(C(=O)OC(C)(C)c2ccccc2)c2ccccc2)c2ccccc12)C(=O)OCC. The van der Waals surface area contributed by atoms with Gasteiger partial charge in [0.1, 0.15) is 11.2 Å². The molecule has 0 heterocycles. The topological polar surface area (TPSA) is 82.1 Å². The van der Waals surface area contributed by atoms with Gasteiger partial charge >= 0.3 is 18.0 Å². The molecule has 0 aliphatic rings. The maximum atomic E-state index is 13.9. The fourth-order valence-corrected chi connectivity index (χ4v) is 4.48. The Morgan fingerprint density at radius 3 is 1.83 bits per heavy atom. The lowest BCUT2D eigenvalue weighted by Gasteiger charge is -2.31. The molecule has 4 aromatic rings. The average Bonchev–Trinajstić information content (AvgIpc) is 2.97. The van der Waals surface area contributed by atoms with Crippen molar-refractivity contribution in [1.82, 2.24) is 0 Å². The molecule has 4 rings (SSSR count). The van der Waals surface area contributed by atoms with Gasteiger partial charge in [0.25, 0.3) is 0 Å². The Labute approximate surface area is 240 Å². The number of carbonyl (C=O) groups is 3. The van der Waals surface area contributed by atoms with Crippen molar-refractivity contribution in [2.24, 2.45) is 0 Å². The van der Waals surface area contributed by atoms with Crippen LogP contribution in [0.5, 0.6) is 0 Å². The van der Waals surface area contributed by atoms with Crippen molar-refractivity contribution in [3.8, 4) is 0 Å². The maximum Gasteiger partial charge on any atom is 0.419 e. The second-order valence-corrected chi connectivity index (χ2v) is 9.63. The van der Waals surface area contributed by atoms with E-state index in [0.29, 0.717) is 27.7 Å². The van der Waals surface area contributed by atoms with Gasteiger partial charge in [0.15, 0.2) is 0 Å². The van der Waals surface area contributed by atoms with Crippen molar-refractivity contribution in [1.29, 1.82) is 0 Å². The summed E-state index contributed by atoms with van der Waals surface area (Å²) in [6, 6.07) is 29.8. The molecule has 41 heavy (non-hydrogen) atoms. The van der Waals surface area contributed by atoms with Crippen LogP contribution in [0.4, 0.5) is 16.2 Å². The van der Waals surface area contributed by atoms with Crippen molar-refractivity contribution in [3.63, 3.8) is 0 Å². The van der Waals surface area contributed by atoms with Crippen molar-refractivity contribution in [3.05, 3.63) is 114 Å². The molecule has 0 unspecified atom stereocenters. The molecular weight excluding hydrogens is 518 g/mol. The summed E-state index contributed by atoms with van der Waals surface area (Å²) in [6.07, 6.45) is 0.906. The third kappa shape index (κ3) is 6.64. The molecular formula is C34H33NO6. The Kier molecular flexibility index (Phi) is 9.19. The van der Waals surface area contributed by atoms with Crippen molar-refractivity contribution >= 4 is 46.3 Å². The zero-order valence-electron chi connectivity index (χ0n) is 23.6. The number of rotatable bonds is 9. The molecule has 0 spiro atoms. The summed E-state index contributed by atoms with van der Waals surface area (Å²) in [4.78, 5) is 40.7. The van der Waals surface area contributed by atoms with Gasteiger partial charge < -0.3 is 14.2 Å². The van der Waals surface area contributed by atoms with E-state index in [2.05, 4.69) is 0 Å². The zero-order valence-corrected chi connectivity index (χ0v) is 23.6. The number of hydrogen-bond acceptors (Lipinski definition) is 6. The third-order valence-electron chi connectivity index (χ3n) is 6.47. The normalized spacial score (nSPS) is 10.9. The van der Waals surface area contributed by atoms with Gasteiger partial charge in [-0.05, 0) is 68.5 Å². The Hall–Kier alpha value is -4.91. The number of nitrogens with zero attached hydrogens (tertiary/aromatic N) is 1. The van der Waals surface area contributed by atoms with E-state index < -0.39 is 23.6 Å². The van der Waals surface area contributed by atoms with Crippen LogP contribution in [0.15, 0.2) is 103 Å². The van der Waals surface area contributed by atoms with E-state index in [1.54, 1.807) is 26.0 Å². The Balaban J connectivity index is 1.84. The Morgan fingerprint density at radius 1 is 0.707 bits per heavy atom. The van der Waals surface area contributed by atoms with Crippen LogP contribution in [0, 0.1) is 0 Å². The van der Waals surface area contributed by atoms with Gasteiger partial charge in [-0.15, -0.1) is 0 Å². The number of hydrogen-bond donors (Lipinski definition) is 0. The highest BCUT2D eigenvalue weighted by Crippen LogP contribution is 2.37. The first-order chi connectivity index (χ1) is 19.8. The zero-order chi connectivity index (χ0) is 29.4. The molecule has 0 saturated heterocycles. The average molecular weight is 552 g/mol. The molecule has 1 amide bonds. The minimum absolute atomic E-state index is 0.114. The molecule has 0 radical (unpaired) electrons. The summed E-state index contributed by atoms with van der Waals surface area (Å²) in [5, 5.41) is 1.43. The van der Waals surface area contributed by atoms with E-state index in [1.807, 2.05) is 98.8 Å². The van der Waals surface area contributed by atoms with E-state index in [9.17, 15) is 14.4 Å². The first kappa shape index (κ1) is 29.1. The monoisotopic (exact) mass is 551 g/mol. The molecule has 0 aliphatic heterocycles. The van der Waals surface area contributed by atoms with Gasteiger partial charge in [-0.25, -0.2) is 19.3 Å². The predicted octanol–water partition coefficient (Wildman–Crippen LogP) is 7.56. The standard InChI is InChI=1S/C34H33NO6/c1-5-39-31(36)29(32(37)40-6-2)23-24-21-22-30(28-20-14-13-19-27(24)28)35(26-17-11-8-12-18-26)33(38)41-34(3,4)25-15-9-7-10-16-25/h7-23H,5-6H2,1-4H3. The quantitative estimate of drug-likeness (QED) is 0.0702. The number of esters is 2. The molecule has 4 aromatic carbocycles. The molecule has 0 saturated carbocycles. The van der Waals surface area contributed by atoms with Crippen LogP contribution in [0.2, 0.25) is 0 Å². The number of benzene rings is 4. The predicted molar refractivity (Wildman–Crippen MR) is 160 cm³/mol. The van der Waals surface area contributed by atoms with Gasteiger partial charge in [0.2, 0.25) is 0 Å². The van der Waals surface area contributed by atoms with Gasteiger partial charge in [0.05, 0.1) is 24.6 Å². The summed E-state index contributed by atoms with van der Waals surface area (Å²) < 4.78 is 16.3. The minimum atomic E-state index is -0.905. The second kappa shape index (κ2) is 13.0. The second-order valence-electron chi connectivity index (χ2n) is 9.63. The lowest BCUT2D eigenvalue weighted by molar-refractivity contribution is -0.146. The highest BCUT2D eigenvalue weighted by Gasteiger charge is 2.31. The molecule has 0 aromatic heterocycles. The van der Waals surface area contributed by atoms with E-state index in [-0.39, 0.29) is 18.8 Å². The fraction of sp³-hybridized carbons (Fsp3) is 0.206. The number of para-hydroxylation sites is 1. The number of amides is 1. The molecule has 0 N–H and O–H groups in total. The van der Waals surface area contributed by atoms with Crippen molar-refractivity contribution in [2.45, 2.75) is 33.3 Å². The van der Waals surface area contributed by atoms with Crippen LogP contribution >= 0.6 is 0 Å². The lowest BCUT2D eigenvalue weighted by atomic mass is 9.98. The first-order valence-corrected chi connectivity index (χ1v) is 13.5. The number of fused-ring (bicyclic) bond motifs is 1. The molecule has 0 fully saturated rings. The highest BCUT2D eigenvalue weighted by atomic mass is 16.6. The number of carbonyl (C=O) groups excluding carboxylic acids is 3. The summed E-state index contributed by atoms with van der Waals surface area (Å²) in [5.74, 6) is -1.53. The van der Waals surface area contributed by atoms with Crippen LogP contribution in [-0.4, -0.2) is 31.2 Å². The molecule has 7 heteroatoms. The van der Waals surface area contributed by atoms with Crippen LogP contribution in [0.3, 0.4) is 0 Å². The minimum Gasteiger partial charge on any atom is -0.462 e. The Bertz CT molecular complexity index is 1540. The van der Waals surface area contributed by atoms with Gasteiger partial charge in [-0.3, -0.25) is 0 Å². The first-order valence-electron chi connectivity index (χ1n) is 13.5. The van der Waals surface area contributed by atoms with E-state index in [4.69, 9.17) is 14.2 Å². The van der Waals surface area contributed by atoms with Crippen LogP contribution in [0.25, 0.3) is 16.8 Å². The van der Waals surface area contributed by atoms with E-state index >= 15 is 0 Å². The third-order valence-corrected chi connectivity index (χ3v) is 6.47. The number of ether oxygens (including phenoxy) is 3. The molecule has 210 valence electrons. The summed E-state index contributed by atoms with van der Waals surface area (Å²) in [7, 11) is 0. The van der Waals surface area contributed by atoms with Gasteiger partial charge in [-0.1, -0.05) is 78.9 Å². The number of anilines is 2. The maximum absolute atomic E-state index is 13.9. The summed E-state index contributed by atoms with van der Waals surface area (Å²) in [6.45, 7) is 7.26. The van der Waals surface area contributed by atoms with Crippen LogP contribution < -0.4 is 4.90 Å². The van der Waals surface area contributed by atoms with Crippen molar-refractivity contribution in [2.75, 3.05) is 18.1 Å². The Morgan fingerprint density at radius 2 is 1.24 bits per heavy atom. The largest absolute Gasteiger partial charge is 0.462 e. The molecule has 7 nitrogen and oxygen atoms in total. The van der Waals surface area contributed by atoms with Gasteiger partial charge in [-0.2, -0.15) is 0 Å². The van der Waals surface area contributed by atoms with Crippen LogP contribution in [-0.2, 0) is 29.4 Å². The molecule has 0 bridgehead atoms. The summed E-state index contributed by atoms with van der Waals surface area (Å²) in [5.41, 5.74) is 1.53. The lowest BCUT2D eigenvalue weighted by Crippen LogP contribution is -2.34. The molecule has 0 aliphatic carbocycles. The van der Waals surface area contributed by atoms with E-state index in [1.165, 1.54) is 11.0 Å².